The van der Waals surface area contributed by atoms with Crippen LogP contribution in [0.1, 0.15) is 5.56 Å². The fourth-order valence-electron chi connectivity index (χ4n) is 2.95. The Labute approximate surface area is 170 Å². The van der Waals surface area contributed by atoms with Crippen LogP contribution in [0.3, 0.4) is 0 Å². The lowest BCUT2D eigenvalue weighted by Crippen LogP contribution is -2.21. The van der Waals surface area contributed by atoms with Crippen molar-refractivity contribution in [2.45, 2.75) is 10.1 Å². The van der Waals surface area contributed by atoms with E-state index in [-0.39, 0.29) is 11.1 Å². The molecule has 0 N–H and O–H groups in total. The Bertz CT molecular complexity index is 1330. The van der Waals surface area contributed by atoms with Gasteiger partial charge in [-0.2, -0.15) is 5.26 Å². The molecule has 0 saturated heterocycles. The maximum Gasteiger partial charge on any atom is 0.266 e. The van der Waals surface area contributed by atoms with Crippen molar-refractivity contribution in [3.8, 4) is 17.5 Å². The zero-order valence-electron chi connectivity index (χ0n) is 15.3. The summed E-state index contributed by atoms with van der Waals surface area (Å²) in [6.07, 6.45) is 0. The average molecular weight is 403 g/mol. The van der Waals surface area contributed by atoms with Gasteiger partial charge in [0.2, 0.25) is 0 Å². The molecule has 1 heterocycles. The Morgan fingerprint density at radius 2 is 1.90 bits per heavy atom. The van der Waals surface area contributed by atoms with Gasteiger partial charge in [0, 0.05) is 11.0 Å². The summed E-state index contributed by atoms with van der Waals surface area (Å²) in [4.78, 5) is 18.3. The van der Waals surface area contributed by atoms with Crippen LogP contribution in [0.2, 0.25) is 0 Å². The average Bonchev–Trinajstić information content (AvgIpc) is 2.74. The maximum absolute atomic E-state index is 14.1. The van der Waals surface area contributed by atoms with Gasteiger partial charge in [-0.05, 0) is 48.2 Å². The number of methoxy groups -OCH3 is 1. The molecule has 0 aliphatic carbocycles. The number of halogens is 1. The molecule has 0 aliphatic heterocycles. The van der Waals surface area contributed by atoms with Crippen LogP contribution < -0.4 is 10.3 Å². The van der Waals surface area contributed by atoms with Crippen LogP contribution in [0.4, 0.5) is 4.39 Å². The molecule has 0 atom stereocenters. The van der Waals surface area contributed by atoms with Gasteiger partial charge in [0.25, 0.3) is 5.56 Å². The standard InChI is InChI=1S/C22H14FN3O2S/c1-28-15-7-4-6-14(12-15)26-21(27)16-8-2-3-10-19(16)25-22(26)29-20-11-5-9-18(23)17(20)13-24/h2-12H,1H3. The van der Waals surface area contributed by atoms with E-state index in [4.69, 9.17) is 4.74 Å². The van der Waals surface area contributed by atoms with Gasteiger partial charge in [-0.15, -0.1) is 0 Å². The van der Waals surface area contributed by atoms with E-state index in [1.165, 1.54) is 16.7 Å². The van der Waals surface area contributed by atoms with Crippen molar-refractivity contribution in [3.63, 3.8) is 0 Å². The van der Waals surface area contributed by atoms with E-state index in [1.807, 2.05) is 6.07 Å². The smallest absolute Gasteiger partial charge is 0.266 e. The highest BCUT2D eigenvalue weighted by Crippen LogP contribution is 2.32. The molecule has 7 heteroatoms. The van der Waals surface area contributed by atoms with Crippen LogP contribution in [0.25, 0.3) is 16.6 Å². The Morgan fingerprint density at radius 3 is 2.69 bits per heavy atom. The largest absolute Gasteiger partial charge is 0.497 e. The molecule has 0 saturated carbocycles. The molecule has 0 unspecified atom stereocenters. The van der Waals surface area contributed by atoms with Gasteiger partial charge < -0.3 is 4.74 Å². The van der Waals surface area contributed by atoms with E-state index in [0.29, 0.717) is 32.4 Å². The van der Waals surface area contributed by atoms with E-state index < -0.39 is 5.82 Å². The van der Waals surface area contributed by atoms with Gasteiger partial charge in [-0.25, -0.2) is 9.37 Å². The van der Waals surface area contributed by atoms with Gasteiger partial charge in [0.1, 0.15) is 23.2 Å². The minimum atomic E-state index is -0.617. The van der Waals surface area contributed by atoms with Crippen LogP contribution >= 0.6 is 11.8 Å². The summed E-state index contributed by atoms with van der Waals surface area (Å²) >= 11 is 1.07. The lowest BCUT2D eigenvalue weighted by atomic mass is 10.2. The predicted octanol–water partition coefficient (Wildman–Crippen LogP) is 4.56. The lowest BCUT2D eigenvalue weighted by molar-refractivity contribution is 0.414. The summed E-state index contributed by atoms with van der Waals surface area (Å²) < 4.78 is 20.8. The Hall–Kier alpha value is -3.63. The van der Waals surface area contributed by atoms with Crippen LogP contribution in [-0.4, -0.2) is 16.7 Å². The number of rotatable bonds is 4. The van der Waals surface area contributed by atoms with Crippen molar-refractivity contribution >= 4 is 22.7 Å². The first-order valence-electron chi connectivity index (χ1n) is 8.65. The molecule has 1 aromatic heterocycles. The molecule has 3 aromatic carbocycles. The highest BCUT2D eigenvalue weighted by Gasteiger charge is 2.17. The van der Waals surface area contributed by atoms with Crippen molar-refractivity contribution in [1.82, 2.24) is 9.55 Å². The van der Waals surface area contributed by atoms with E-state index in [2.05, 4.69) is 4.98 Å². The van der Waals surface area contributed by atoms with E-state index in [9.17, 15) is 14.4 Å². The Morgan fingerprint density at radius 1 is 1.10 bits per heavy atom. The predicted molar refractivity (Wildman–Crippen MR) is 109 cm³/mol. The lowest BCUT2D eigenvalue weighted by Gasteiger charge is -2.14. The highest BCUT2D eigenvalue weighted by molar-refractivity contribution is 7.99. The topological polar surface area (TPSA) is 67.9 Å². The van der Waals surface area contributed by atoms with Crippen molar-refractivity contribution in [3.05, 3.63) is 88.5 Å². The SMILES string of the molecule is COc1cccc(-n2c(Sc3cccc(F)c3C#N)nc3ccccc3c2=O)c1. The quantitative estimate of drug-likeness (QED) is 0.468. The first-order valence-corrected chi connectivity index (χ1v) is 9.46. The normalized spacial score (nSPS) is 10.7. The molecule has 0 bridgehead atoms. The summed E-state index contributed by atoms with van der Waals surface area (Å²) in [5.41, 5.74) is 0.734. The number of fused-ring (bicyclic) bond motifs is 1. The third-order valence-corrected chi connectivity index (χ3v) is 5.36. The van der Waals surface area contributed by atoms with Crippen LogP contribution in [0.15, 0.2) is 81.6 Å². The number of ether oxygens (including phenoxy) is 1. The number of benzene rings is 3. The van der Waals surface area contributed by atoms with Crippen LogP contribution in [-0.2, 0) is 0 Å². The molecule has 0 aliphatic rings. The third kappa shape index (κ3) is 3.46. The summed E-state index contributed by atoms with van der Waals surface area (Å²) in [6.45, 7) is 0. The van der Waals surface area contributed by atoms with Crippen molar-refractivity contribution < 1.29 is 9.13 Å². The van der Waals surface area contributed by atoms with Crippen LogP contribution in [0, 0.1) is 17.1 Å². The molecule has 0 fully saturated rings. The number of hydrogen-bond donors (Lipinski definition) is 0. The van der Waals surface area contributed by atoms with Gasteiger partial charge in [0.15, 0.2) is 5.16 Å². The first kappa shape index (κ1) is 18.7. The van der Waals surface area contributed by atoms with E-state index in [0.717, 1.165) is 11.8 Å². The molecule has 0 radical (unpaired) electrons. The first-order chi connectivity index (χ1) is 14.1. The number of nitriles is 1. The second kappa shape index (κ2) is 7.78. The fourth-order valence-corrected chi connectivity index (χ4v) is 3.97. The van der Waals surface area contributed by atoms with Crippen molar-refractivity contribution in [1.29, 1.82) is 5.26 Å². The summed E-state index contributed by atoms with van der Waals surface area (Å²) in [5.74, 6) is -0.0319. The summed E-state index contributed by atoms with van der Waals surface area (Å²) in [7, 11) is 1.54. The molecule has 142 valence electrons. The number of para-hydroxylation sites is 1. The van der Waals surface area contributed by atoms with E-state index in [1.54, 1.807) is 61.7 Å². The van der Waals surface area contributed by atoms with Crippen molar-refractivity contribution in [2.75, 3.05) is 7.11 Å². The summed E-state index contributed by atoms with van der Waals surface area (Å²) in [6, 6.07) is 20.3. The molecule has 4 aromatic rings. The van der Waals surface area contributed by atoms with Crippen molar-refractivity contribution in [2.24, 2.45) is 0 Å². The monoisotopic (exact) mass is 403 g/mol. The van der Waals surface area contributed by atoms with Gasteiger partial charge >= 0.3 is 0 Å². The zero-order valence-corrected chi connectivity index (χ0v) is 16.1. The molecule has 0 amide bonds. The highest BCUT2D eigenvalue weighted by atomic mass is 32.2. The Balaban J connectivity index is 1.99. The van der Waals surface area contributed by atoms with Gasteiger partial charge in [-0.1, -0.05) is 24.3 Å². The number of nitrogens with zero attached hydrogens (tertiary/aromatic N) is 3. The van der Waals surface area contributed by atoms with Crippen LogP contribution in [0.5, 0.6) is 5.75 Å². The molecular formula is C22H14FN3O2S. The van der Waals surface area contributed by atoms with Gasteiger partial charge in [-0.3, -0.25) is 9.36 Å². The number of hydrogen-bond acceptors (Lipinski definition) is 5. The fraction of sp³-hybridized carbons (Fsp3) is 0.0455. The minimum Gasteiger partial charge on any atom is -0.497 e. The maximum atomic E-state index is 14.1. The number of aromatic nitrogens is 2. The minimum absolute atomic E-state index is 0.0860. The molecule has 5 nitrogen and oxygen atoms in total. The second-order valence-corrected chi connectivity index (χ2v) is 7.09. The summed E-state index contributed by atoms with van der Waals surface area (Å²) in [5, 5.41) is 10.1. The molecule has 4 rings (SSSR count). The molecule has 29 heavy (non-hydrogen) atoms. The molecule has 0 spiro atoms. The van der Waals surface area contributed by atoms with Gasteiger partial charge in [0.05, 0.1) is 23.7 Å². The Kier molecular flexibility index (Phi) is 5.02. The zero-order chi connectivity index (χ0) is 20.4. The second-order valence-electron chi connectivity index (χ2n) is 6.08. The third-order valence-electron chi connectivity index (χ3n) is 4.34. The van der Waals surface area contributed by atoms with E-state index >= 15 is 0 Å². The molecular weight excluding hydrogens is 389 g/mol.